The maximum absolute atomic E-state index is 5.74. The van der Waals surface area contributed by atoms with Crippen molar-refractivity contribution in [2.45, 2.75) is 13.8 Å². The number of rotatable bonds is 7. The number of nitrogens with zero attached hydrogens (tertiary/aromatic N) is 1. The Morgan fingerprint density at radius 3 is 2.85 bits per heavy atom. The molecule has 4 nitrogen and oxygen atoms in total. The molecule has 0 saturated carbocycles. The Morgan fingerprint density at radius 2 is 2.10 bits per heavy atom. The molecule has 1 heterocycles. The van der Waals surface area contributed by atoms with Gasteiger partial charge >= 0.3 is 0 Å². The Morgan fingerprint density at radius 1 is 1.30 bits per heavy atom. The van der Waals surface area contributed by atoms with Gasteiger partial charge in [-0.05, 0) is 18.1 Å². The maximum Gasteiger partial charge on any atom is 0.121 e. The summed E-state index contributed by atoms with van der Waals surface area (Å²) >= 11 is 0. The molecule has 0 bridgehead atoms. The summed E-state index contributed by atoms with van der Waals surface area (Å²) in [7, 11) is 0. The fourth-order valence-corrected chi connectivity index (χ4v) is 2.14. The van der Waals surface area contributed by atoms with E-state index >= 15 is 0 Å². The van der Waals surface area contributed by atoms with E-state index < -0.39 is 0 Å². The molecule has 0 radical (unpaired) electrons. The predicted octanol–water partition coefficient (Wildman–Crippen LogP) is 2.47. The summed E-state index contributed by atoms with van der Waals surface area (Å²) in [5.41, 5.74) is 1.12. The van der Waals surface area contributed by atoms with Gasteiger partial charge in [-0.2, -0.15) is 0 Å². The van der Waals surface area contributed by atoms with E-state index in [9.17, 15) is 0 Å². The molecule has 1 aromatic carbocycles. The zero-order valence-corrected chi connectivity index (χ0v) is 12.6. The average Bonchev–Trinajstić information content (AvgIpc) is 2.47. The van der Waals surface area contributed by atoms with Crippen LogP contribution in [0.2, 0.25) is 0 Å². The highest BCUT2D eigenvalue weighted by Crippen LogP contribution is 2.17. The maximum atomic E-state index is 5.74. The van der Waals surface area contributed by atoms with Gasteiger partial charge in [0.2, 0.25) is 0 Å². The third kappa shape index (κ3) is 5.39. The van der Waals surface area contributed by atoms with Crippen molar-refractivity contribution in [2.75, 3.05) is 51.3 Å². The van der Waals surface area contributed by atoms with Gasteiger partial charge in [0.25, 0.3) is 0 Å². The number of ether oxygens (including phenoxy) is 2. The van der Waals surface area contributed by atoms with Gasteiger partial charge in [-0.1, -0.05) is 19.9 Å². The highest BCUT2D eigenvalue weighted by Gasteiger charge is 2.09. The minimum absolute atomic E-state index is 0.549. The van der Waals surface area contributed by atoms with Gasteiger partial charge in [0, 0.05) is 37.9 Å². The van der Waals surface area contributed by atoms with Crippen LogP contribution in [0.25, 0.3) is 0 Å². The van der Waals surface area contributed by atoms with Crippen molar-refractivity contribution in [2.24, 2.45) is 5.92 Å². The Balaban J connectivity index is 1.73. The fourth-order valence-electron chi connectivity index (χ4n) is 2.14. The van der Waals surface area contributed by atoms with Gasteiger partial charge in [-0.25, -0.2) is 0 Å². The van der Waals surface area contributed by atoms with Gasteiger partial charge < -0.3 is 14.8 Å². The number of nitrogens with one attached hydrogen (secondary N) is 1. The van der Waals surface area contributed by atoms with Crippen LogP contribution in [0.15, 0.2) is 24.3 Å². The number of hydrogen-bond donors (Lipinski definition) is 1. The Hall–Kier alpha value is -1.26. The summed E-state index contributed by atoms with van der Waals surface area (Å²) in [6.45, 7) is 10.9. The summed E-state index contributed by atoms with van der Waals surface area (Å²) in [6, 6.07) is 8.20. The van der Waals surface area contributed by atoms with E-state index in [2.05, 4.69) is 36.2 Å². The molecule has 112 valence electrons. The molecule has 0 amide bonds. The smallest absolute Gasteiger partial charge is 0.121 e. The van der Waals surface area contributed by atoms with Gasteiger partial charge in [0.05, 0.1) is 19.8 Å². The van der Waals surface area contributed by atoms with Gasteiger partial charge in [-0.15, -0.1) is 0 Å². The standard InChI is InChI=1S/C16H26N2O2/c1-14(2)13-20-16-5-3-4-15(12-16)17-6-7-18-8-10-19-11-9-18/h3-5,12,14,17H,6-11,13H2,1-2H3. The van der Waals surface area contributed by atoms with E-state index in [1.165, 1.54) is 0 Å². The summed E-state index contributed by atoms with van der Waals surface area (Å²) in [5.74, 6) is 1.49. The van der Waals surface area contributed by atoms with E-state index in [-0.39, 0.29) is 0 Å². The minimum Gasteiger partial charge on any atom is -0.493 e. The van der Waals surface area contributed by atoms with E-state index in [1.54, 1.807) is 0 Å². The highest BCUT2D eigenvalue weighted by molar-refractivity contribution is 5.48. The fraction of sp³-hybridized carbons (Fsp3) is 0.625. The van der Waals surface area contributed by atoms with Crippen molar-refractivity contribution >= 4 is 5.69 Å². The first-order chi connectivity index (χ1) is 9.74. The van der Waals surface area contributed by atoms with Crippen molar-refractivity contribution in [3.05, 3.63) is 24.3 Å². The van der Waals surface area contributed by atoms with E-state index in [4.69, 9.17) is 9.47 Å². The van der Waals surface area contributed by atoms with E-state index in [0.29, 0.717) is 5.92 Å². The Bertz CT molecular complexity index is 390. The largest absolute Gasteiger partial charge is 0.493 e. The third-order valence-corrected chi connectivity index (χ3v) is 3.28. The van der Waals surface area contributed by atoms with Crippen LogP contribution < -0.4 is 10.1 Å². The monoisotopic (exact) mass is 278 g/mol. The molecular formula is C16H26N2O2. The normalized spacial score (nSPS) is 16.4. The van der Waals surface area contributed by atoms with Gasteiger partial charge in [0.15, 0.2) is 0 Å². The van der Waals surface area contributed by atoms with Crippen LogP contribution in [0.4, 0.5) is 5.69 Å². The first kappa shape index (κ1) is 15.1. The molecule has 20 heavy (non-hydrogen) atoms. The van der Waals surface area contributed by atoms with E-state index in [1.807, 2.05) is 12.1 Å². The molecule has 0 aromatic heterocycles. The summed E-state index contributed by atoms with van der Waals surface area (Å²) in [5, 5.41) is 3.46. The molecule has 1 aliphatic heterocycles. The van der Waals surface area contributed by atoms with Crippen molar-refractivity contribution in [3.63, 3.8) is 0 Å². The van der Waals surface area contributed by atoms with Crippen molar-refractivity contribution in [1.29, 1.82) is 0 Å². The quantitative estimate of drug-likeness (QED) is 0.831. The lowest BCUT2D eigenvalue weighted by Crippen LogP contribution is -2.38. The second-order valence-electron chi connectivity index (χ2n) is 5.61. The number of morpholine rings is 1. The molecule has 2 rings (SSSR count). The molecule has 1 aliphatic rings. The van der Waals surface area contributed by atoms with Crippen molar-refractivity contribution in [3.8, 4) is 5.75 Å². The lowest BCUT2D eigenvalue weighted by atomic mass is 10.2. The van der Waals surface area contributed by atoms with Crippen LogP contribution in [0.1, 0.15) is 13.8 Å². The van der Waals surface area contributed by atoms with Gasteiger partial charge in [-0.3, -0.25) is 4.90 Å². The van der Waals surface area contributed by atoms with Crippen LogP contribution in [-0.4, -0.2) is 50.9 Å². The molecule has 0 atom stereocenters. The molecule has 4 heteroatoms. The minimum atomic E-state index is 0.549. The predicted molar refractivity (Wildman–Crippen MR) is 82.5 cm³/mol. The van der Waals surface area contributed by atoms with Crippen molar-refractivity contribution in [1.82, 2.24) is 4.90 Å². The summed E-state index contributed by atoms with van der Waals surface area (Å²) in [6.07, 6.45) is 0. The molecule has 1 aromatic rings. The Labute approximate surface area is 122 Å². The van der Waals surface area contributed by atoms with Crippen LogP contribution in [-0.2, 0) is 4.74 Å². The zero-order valence-electron chi connectivity index (χ0n) is 12.6. The number of benzene rings is 1. The lowest BCUT2D eigenvalue weighted by molar-refractivity contribution is 0.0398. The first-order valence-corrected chi connectivity index (χ1v) is 7.51. The second-order valence-corrected chi connectivity index (χ2v) is 5.61. The topological polar surface area (TPSA) is 33.7 Å². The summed E-state index contributed by atoms with van der Waals surface area (Å²) < 4.78 is 11.1. The SMILES string of the molecule is CC(C)COc1cccc(NCCN2CCOCC2)c1. The van der Waals surface area contributed by atoms with Crippen LogP contribution in [0, 0.1) is 5.92 Å². The zero-order chi connectivity index (χ0) is 14.2. The molecule has 1 saturated heterocycles. The van der Waals surface area contributed by atoms with Crippen LogP contribution in [0.3, 0.4) is 0 Å². The second kappa shape index (κ2) is 8.12. The summed E-state index contributed by atoms with van der Waals surface area (Å²) in [4.78, 5) is 2.43. The van der Waals surface area contributed by atoms with Crippen LogP contribution >= 0.6 is 0 Å². The first-order valence-electron chi connectivity index (χ1n) is 7.51. The molecule has 0 unspecified atom stereocenters. The highest BCUT2D eigenvalue weighted by atomic mass is 16.5. The van der Waals surface area contributed by atoms with Gasteiger partial charge in [0.1, 0.15) is 5.75 Å². The number of hydrogen-bond acceptors (Lipinski definition) is 4. The molecule has 0 spiro atoms. The van der Waals surface area contributed by atoms with Crippen molar-refractivity contribution < 1.29 is 9.47 Å². The Kier molecular flexibility index (Phi) is 6.15. The lowest BCUT2D eigenvalue weighted by Gasteiger charge is -2.26. The molecule has 1 fully saturated rings. The molecule has 1 N–H and O–H groups in total. The third-order valence-electron chi connectivity index (χ3n) is 3.28. The average molecular weight is 278 g/mol. The molecular weight excluding hydrogens is 252 g/mol. The van der Waals surface area contributed by atoms with Crippen LogP contribution in [0.5, 0.6) is 5.75 Å². The molecule has 0 aliphatic carbocycles. The van der Waals surface area contributed by atoms with E-state index in [0.717, 1.165) is 57.4 Å². The number of anilines is 1.